The molecule has 0 unspecified atom stereocenters. The molecule has 156 valence electrons. The van der Waals surface area contributed by atoms with E-state index in [1.807, 2.05) is 54.6 Å². The molecule has 0 radical (unpaired) electrons. The zero-order valence-corrected chi connectivity index (χ0v) is 17.0. The van der Waals surface area contributed by atoms with E-state index in [0.29, 0.717) is 24.8 Å². The SMILES string of the molecule is COc1ccc(Nc2cc(N3CCOCC3)nc(Oc3ccc(OC)cc3)n2)cc1. The standard InChI is InChI=1S/C22H24N4O4/c1-27-17-5-3-16(4-6-17)23-20-15-21(26-11-13-29-14-12-26)25-22(24-20)30-19-9-7-18(28-2)8-10-19/h3-10,15H,11-14H2,1-2H3,(H,23,24,25). The van der Waals surface area contributed by atoms with E-state index in [9.17, 15) is 0 Å². The van der Waals surface area contributed by atoms with Gasteiger partial charge >= 0.3 is 6.01 Å². The van der Waals surface area contributed by atoms with E-state index in [1.54, 1.807) is 14.2 Å². The molecule has 4 rings (SSSR count). The monoisotopic (exact) mass is 408 g/mol. The lowest BCUT2D eigenvalue weighted by Crippen LogP contribution is -2.36. The second-order valence-corrected chi connectivity index (χ2v) is 6.62. The Morgan fingerprint density at radius 3 is 2.07 bits per heavy atom. The number of morpholine rings is 1. The van der Waals surface area contributed by atoms with Crippen LogP contribution in [-0.4, -0.2) is 50.5 Å². The van der Waals surface area contributed by atoms with E-state index in [-0.39, 0.29) is 6.01 Å². The van der Waals surface area contributed by atoms with Crippen molar-refractivity contribution < 1.29 is 18.9 Å². The van der Waals surface area contributed by atoms with Crippen molar-refractivity contribution in [2.75, 3.05) is 50.7 Å². The van der Waals surface area contributed by atoms with Gasteiger partial charge in [-0.3, -0.25) is 0 Å². The number of methoxy groups -OCH3 is 2. The molecule has 1 fully saturated rings. The first-order valence-electron chi connectivity index (χ1n) is 9.68. The van der Waals surface area contributed by atoms with Gasteiger partial charge in [0.1, 0.15) is 28.9 Å². The number of hydrogen-bond donors (Lipinski definition) is 1. The Morgan fingerprint density at radius 2 is 1.43 bits per heavy atom. The van der Waals surface area contributed by atoms with Gasteiger partial charge in [-0.1, -0.05) is 0 Å². The second kappa shape index (κ2) is 9.32. The molecule has 1 aliphatic rings. The van der Waals surface area contributed by atoms with E-state index < -0.39 is 0 Å². The maximum Gasteiger partial charge on any atom is 0.325 e. The molecular weight excluding hydrogens is 384 g/mol. The van der Waals surface area contributed by atoms with Crippen LogP contribution in [0, 0.1) is 0 Å². The van der Waals surface area contributed by atoms with Gasteiger partial charge in [0, 0.05) is 24.8 Å². The zero-order chi connectivity index (χ0) is 20.8. The third-order valence-electron chi connectivity index (χ3n) is 4.66. The lowest BCUT2D eigenvalue weighted by Gasteiger charge is -2.28. The summed E-state index contributed by atoms with van der Waals surface area (Å²) in [6, 6.07) is 17.1. The first kappa shape index (κ1) is 19.8. The van der Waals surface area contributed by atoms with E-state index in [2.05, 4.69) is 20.2 Å². The lowest BCUT2D eigenvalue weighted by molar-refractivity contribution is 0.122. The molecule has 0 amide bonds. The Labute approximate surface area is 175 Å². The maximum absolute atomic E-state index is 5.93. The smallest absolute Gasteiger partial charge is 0.325 e. The van der Waals surface area contributed by atoms with Gasteiger partial charge in [-0.25, -0.2) is 0 Å². The molecule has 0 spiro atoms. The van der Waals surface area contributed by atoms with Gasteiger partial charge in [-0.15, -0.1) is 0 Å². The van der Waals surface area contributed by atoms with Gasteiger partial charge in [0.05, 0.1) is 27.4 Å². The summed E-state index contributed by atoms with van der Waals surface area (Å²) in [4.78, 5) is 11.3. The van der Waals surface area contributed by atoms with E-state index in [1.165, 1.54) is 0 Å². The first-order valence-corrected chi connectivity index (χ1v) is 9.68. The molecule has 0 bridgehead atoms. The fraction of sp³-hybridized carbons (Fsp3) is 0.273. The topological polar surface area (TPSA) is 78.0 Å². The predicted octanol–water partition coefficient (Wildman–Crippen LogP) is 3.87. The number of nitrogens with one attached hydrogen (secondary N) is 1. The Hall–Kier alpha value is -3.52. The molecule has 3 aromatic rings. The summed E-state index contributed by atoms with van der Waals surface area (Å²) in [7, 11) is 3.27. The number of anilines is 3. The average molecular weight is 408 g/mol. The largest absolute Gasteiger partial charge is 0.497 e. The van der Waals surface area contributed by atoms with E-state index in [0.717, 1.165) is 36.1 Å². The van der Waals surface area contributed by atoms with Crippen molar-refractivity contribution in [2.24, 2.45) is 0 Å². The highest BCUT2D eigenvalue weighted by molar-refractivity contribution is 5.61. The number of ether oxygens (including phenoxy) is 4. The molecule has 0 atom stereocenters. The van der Waals surface area contributed by atoms with Crippen LogP contribution in [0.15, 0.2) is 54.6 Å². The first-order chi connectivity index (χ1) is 14.7. The fourth-order valence-electron chi connectivity index (χ4n) is 3.05. The zero-order valence-electron chi connectivity index (χ0n) is 17.0. The number of nitrogens with zero attached hydrogens (tertiary/aromatic N) is 3. The minimum Gasteiger partial charge on any atom is -0.497 e. The van der Waals surface area contributed by atoms with Gasteiger partial charge in [0.25, 0.3) is 0 Å². The summed E-state index contributed by atoms with van der Waals surface area (Å²) >= 11 is 0. The molecule has 0 aliphatic carbocycles. The number of benzene rings is 2. The van der Waals surface area contributed by atoms with Crippen LogP contribution in [0.2, 0.25) is 0 Å². The van der Waals surface area contributed by atoms with Crippen LogP contribution in [0.3, 0.4) is 0 Å². The molecule has 8 heteroatoms. The van der Waals surface area contributed by atoms with Gasteiger partial charge in [-0.2, -0.15) is 9.97 Å². The molecule has 2 heterocycles. The highest BCUT2D eigenvalue weighted by Crippen LogP contribution is 2.27. The predicted molar refractivity (Wildman–Crippen MR) is 114 cm³/mol. The third-order valence-corrected chi connectivity index (χ3v) is 4.66. The quantitative estimate of drug-likeness (QED) is 0.631. The normalized spacial score (nSPS) is 13.6. The Bertz CT molecular complexity index is 890. The summed E-state index contributed by atoms with van der Waals surface area (Å²) in [6.45, 7) is 2.86. The molecule has 0 saturated carbocycles. The van der Waals surface area contributed by atoms with Crippen molar-refractivity contribution in [2.45, 2.75) is 0 Å². The van der Waals surface area contributed by atoms with Crippen LogP contribution >= 0.6 is 0 Å². The fourth-order valence-corrected chi connectivity index (χ4v) is 3.05. The average Bonchev–Trinajstić information content (AvgIpc) is 2.80. The van der Waals surface area contributed by atoms with Gasteiger partial charge in [0.15, 0.2) is 0 Å². The van der Waals surface area contributed by atoms with Crippen molar-refractivity contribution in [3.63, 3.8) is 0 Å². The lowest BCUT2D eigenvalue weighted by atomic mass is 10.3. The summed E-state index contributed by atoms with van der Waals surface area (Å²) in [5.41, 5.74) is 0.887. The van der Waals surface area contributed by atoms with E-state index >= 15 is 0 Å². The Kier molecular flexibility index (Phi) is 6.14. The van der Waals surface area contributed by atoms with Crippen LogP contribution in [0.4, 0.5) is 17.3 Å². The summed E-state index contributed by atoms with van der Waals surface area (Å²) in [5.74, 6) is 3.60. The minimum atomic E-state index is 0.264. The van der Waals surface area contributed by atoms with Crippen molar-refractivity contribution >= 4 is 17.3 Å². The highest BCUT2D eigenvalue weighted by atomic mass is 16.5. The molecule has 1 saturated heterocycles. The van der Waals surface area contributed by atoms with Crippen LogP contribution in [0.25, 0.3) is 0 Å². The highest BCUT2D eigenvalue weighted by Gasteiger charge is 2.16. The van der Waals surface area contributed by atoms with Crippen molar-refractivity contribution in [1.82, 2.24) is 9.97 Å². The molecule has 30 heavy (non-hydrogen) atoms. The second-order valence-electron chi connectivity index (χ2n) is 6.62. The molecule has 2 aromatic carbocycles. The van der Waals surface area contributed by atoms with Gasteiger partial charge < -0.3 is 29.2 Å². The summed E-state index contributed by atoms with van der Waals surface area (Å²) in [6.07, 6.45) is 0. The van der Waals surface area contributed by atoms with Crippen molar-refractivity contribution in [3.05, 3.63) is 54.6 Å². The molecule has 8 nitrogen and oxygen atoms in total. The van der Waals surface area contributed by atoms with Crippen molar-refractivity contribution in [3.8, 4) is 23.3 Å². The number of aromatic nitrogens is 2. The van der Waals surface area contributed by atoms with E-state index in [4.69, 9.17) is 18.9 Å². The number of rotatable bonds is 7. The van der Waals surface area contributed by atoms with Crippen LogP contribution in [0.1, 0.15) is 0 Å². The van der Waals surface area contributed by atoms with Crippen LogP contribution in [0.5, 0.6) is 23.3 Å². The molecule has 1 aromatic heterocycles. The maximum atomic E-state index is 5.93. The molecule has 1 aliphatic heterocycles. The third kappa shape index (κ3) is 4.90. The summed E-state index contributed by atoms with van der Waals surface area (Å²) in [5, 5.41) is 3.31. The van der Waals surface area contributed by atoms with Gasteiger partial charge in [0.2, 0.25) is 0 Å². The van der Waals surface area contributed by atoms with Crippen molar-refractivity contribution in [1.29, 1.82) is 0 Å². The summed E-state index contributed by atoms with van der Waals surface area (Å²) < 4.78 is 21.8. The molecular formula is C22H24N4O4. The van der Waals surface area contributed by atoms with Crippen LogP contribution in [-0.2, 0) is 4.74 Å². The Morgan fingerprint density at radius 1 is 0.833 bits per heavy atom. The van der Waals surface area contributed by atoms with Gasteiger partial charge in [-0.05, 0) is 48.5 Å². The van der Waals surface area contributed by atoms with Crippen LogP contribution < -0.4 is 24.4 Å². The minimum absolute atomic E-state index is 0.264. The number of hydrogen-bond acceptors (Lipinski definition) is 8. The molecule has 1 N–H and O–H groups in total. The Balaban J connectivity index is 1.60.